The number of hydrogen-bond donors (Lipinski definition) is 1. The minimum atomic E-state index is -0.885. The fraction of sp³-hybridized carbons (Fsp3) is 0.312. The molecule has 0 aliphatic carbocycles. The number of nitrogens with zero attached hydrogens (tertiary/aromatic N) is 3. The Labute approximate surface area is 123 Å². The van der Waals surface area contributed by atoms with Crippen LogP contribution in [-0.2, 0) is 6.54 Å². The van der Waals surface area contributed by atoms with Crippen LogP contribution in [0.25, 0.3) is 0 Å². The van der Waals surface area contributed by atoms with Gasteiger partial charge in [0.05, 0.1) is 17.3 Å². The van der Waals surface area contributed by atoms with E-state index in [0.29, 0.717) is 5.56 Å². The summed E-state index contributed by atoms with van der Waals surface area (Å²) in [5.41, 5.74) is 2.35. The molecule has 0 spiro atoms. The van der Waals surface area contributed by atoms with E-state index in [0.717, 1.165) is 37.2 Å². The van der Waals surface area contributed by atoms with E-state index >= 15 is 0 Å². The quantitative estimate of drug-likeness (QED) is 0.934. The molecule has 2 heterocycles. The van der Waals surface area contributed by atoms with Crippen molar-refractivity contribution in [3.8, 4) is 0 Å². The molecule has 1 aliphatic rings. The van der Waals surface area contributed by atoms with Crippen molar-refractivity contribution in [3.05, 3.63) is 59.7 Å². The zero-order chi connectivity index (χ0) is 14.7. The predicted molar refractivity (Wildman–Crippen MR) is 77.8 cm³/mol. The summed E-state index contributed by atoms with van der Waals surface area (Å²) in [6.07, 6.45) is 7.41. The average molecular weight is 283 g/mol. The lowest BCUT2D eigenvalue weighted by Gasteiger charge is -2.23. The molecule has 0 radical (unpaired) electrons. The molecule has 1 aromatic heterocycles. The van der Waals surface area contributed by atoms with Gasteiger partial charge in [0.25, 0.3) is 0 Å². The van der Waals surface area contributed by atoms with Crippen molar-refractivity contribution in [2.24, 2.45) is 0 Å². The Morgan fingerprint density at radius 2 is 2.29 bits per heavy atom. The zero-order valence-corrected chi connectivity index (χ0v) is 11.6. The van der Waals surface area contributed by atoms with Crippen LogP contribution in [0.5, 0.6) is 0 Å². The average Bonchev–Trinajstić information content (AvgIpc) is 2.96. The van der Waals surface area contributed by atoms with Crippen molar-refractivity contribution in [1.29, 1.82) is 0 Å². The summed E-state index contributed by atoms with van der Waals surface area (Å²) in [7, 11) is 0. The third-order valence-electron chi connectivity index (χ3n) is 3.85. The molecule has 1 fully saturated rings. The van der Waals surface area contributed by atoms with Crippen LogP contribution in [0.4, 0.5) is 0 Å². The van der Waals surface area contributed by atoms with Crippen LogP contribution < -0.4 is 0 Å². The summed E-state index contributed by atoms with van der Waals surface area (Å²) in [5.74, 6) is -0.885. The molecule has 108 valence electrons. The Kier molecular flexibility index (Phi) is 3.92. The van der Waals surface area contributed by atoms with Crippen LogP contribution in [0.3, 0.4) is 0 Å². The van der Waals surface area contributed by atoms with Crippen LogP contribution in [0, 0.1) is 0 Å². The van der Waals surface area contributed by atoms with E-state index in [1.807, 2.05) is 12.3 Å². The van der Waals surface area contributed by atoms with Gasteiger partial charge in [0.15, 0.2) is 0 Å². The minimum absolute atomic E-state index is 0.271. The van der Waals surface area contributed by atoms with Crippen LogP contribution in [0.2, 0.25) is 0 Å². The maximum atomic E-state index is 11.0. The summed E-state index contributed by atoms with van der Waals surface area (Å²) >= 11 is 0. The number of hydrogen-bond acceptors (Lipinski definition) is 4. The zero-order valence-electron chi connectivity index (χ0n) is 11.6. The molecule has 0 unspecified atom stereocenters. The molecule has 5 heteroatoms. The first-order chi connectivity index (χ1) is 10.2. The standard InChI is InChI=1S/C16H17N3O2/c20-16(21)13-4-1-3-12(9-13)11-19-8-2-5-15(19)14-10-17-6-7-18-14/h1,3-4,6-7,9-10,15H,2,5,8,11H2,(H,20,21)/t15-/m1/s1. The Morgan fingerprint density at radius 1 is 1.38 bits per heavy atom. The highest BCUT2D eigenvalue weighted by atomic mass is 16.4. The largest absolute Gasteiger partial charge is 0.478 e. The van der Waals surface area contributed by atoms with E-state index in [1.54, 1.807) is 30.6 Å². The van der Waals surface area contributed by atoms with Crippen LogP contribution >= 0.6 is 0 Å². The first-order valence-corrected chi connectivity index (χ1v) is 7.06. The molecule has 0 saturated carbocycles. The summed E-state index contributed by atoms with van der Waals surface area (Å²) in [4.78, 5) is 21.9. The molecule has 5 nitrogen and oxygen atoms in total. The molecule has 0 bridgehead atoms. The van der Waals surface area contributed by atoms with Gasteiger partial charge in [0.1, 0.15) is 0 Å². The summed E-state index contributed by atoms with van der Waals surface area (Å²) in [6, 6.07) is 7.40. The number of likely N-dealkylation sites (tertiary alicyclic amines) is 1. The lowest BCUT2D eigenvalue weighted by atomic mass is 10.1. The fourth-order valence-corrected chi connectivity index (χ4v) is 2.87. The monoisotopic (exact) mass is 283 g/mol. The maximum Gasteiger partial charge on any atom is 0.335 e. The van der Waals surface area contributed by atoms with E-state index < -0.39 is 5.97 Å². The van der Waals surface area contributed by atoms with Gasteiger partial charge in [0.2, 0.25) is 0 Å². The van der Waals surface area contributed by atoms with E-state index in [2.05, 4.69) is 14.9 Å². The number of carboxylic acid groups (broad SMARTS) is 1. The van der Waals surface area contributed by atoms with Crippen molar-refractivity contribution >= 4 is 5.97 Å². The van der Waals surface area contributed by atoms with E-state index in [-0.39, 0.29) is 6.04 Å². The highest BCUT2D eigenvalue weighted by Crippen LogP contribution is 2.31. The molecule has 1 atom stereocenters. The Morgan fingerprint density at radius 3 is 3.05 bits per heavy atom. The van der Waals surface area contributed by atoms with Gasteiger partial charge in [-0.1, -0.05) is 12.1 Å². The van der Waals surface area contributed by atoms with Crippen molar-refractivity contribution in [2.45, 2.75) is 25.4 Å². The number of benzene rings is 1. The summed E-state index contributed by atoms with van der Waals surface area (Å²) < 4.78 is 0. The second-order valence-corrected chi connectivity index (χ2v) is 5.26. The molecule has 1 aliphatic heterocycles. The molecule has 21 heavy (non-hydrogen) atoms. The normalized spacial score (nSPS) is 18.8. The molecular weight excluding hydrogens is 266 g/mol. The molecule has 1 saturated heterocycles. The predicted octanol–water partition coefficient (Wildman–Crippen LogP) is 2.51. The highest BCUT2D eigenvalue weighted by molar-refractivity contribution is 5.87. The van der Waals surface area contributed by atoms with Gasteiger partial charge in [-0.25, -0.2) is 4.79 Å². The number of rotatable bonds is 4. The lowest BCUT2D eigenvalue weighted by molar-refractivity contribution is 0.0696. The smallest absolute Gasteiger partial charge is 0.335 e. The van der Waals surface area contributed by atoms with Gasteiger partial charge < -0.3 is 5.11 Å². The van der Waals surface area contributed by atoms with Gasteiger partial charge in [-0.3, -0.25) is 14.9 Å². The molecule has 0 amide bonds. The fourth-order valence-electron chi connectivity index (χ4n) is 2.87. The minimum Gasteiger partial charge on any atom is -0.478 e. The van der Waals surface area contributed by atoms with E-state index in [4.69, 9.17) is 5.11 Å². The SMILES string of the molecule is O=C(O)c1cccc(CN2CCC[C@@H]2c2cnccn2)c1. The Balaban J connectivity index is 1.78. The van der Waals surface area contributed by atoms with Gasteiger partial charge in [-0.05, 0) is 37.1 Å². The topological polar surface area (TPSA) is 66.3 Å². The number of aromatic carboxylic acids is 1. The molecule has 2 aromatic rings. The van der Waals surface area contributed by atoms with Crippen LogP contribution in [0.15, 0.2) is 42.9 Å². The number of carbonyl (C=O) groups is 1. The summed E-state index contributed by atoms with van der Waals surface area (Å²) in [5, 5.41) is 9.07. The van der Waals surface area contributed by atoms with Gasteiger partial charge in [0, 0.05) is 25.1 Å². The van der Waals surface area contributed by atoms with Crippen LogP contribution in [0.1, 0.15) is 40.5 Å². The van der Waals surface area contributed by atoms with Gasteiger partial charge >= 0.3 is 5.97 Å². The third-order valence-corrected chi connectivity index (χ3v) is 3.85. The number of carboxylic acids is 1. The van der Waals surface area contributed by atoms with E-state index in [1.165, 1.54) is 0 Å². The van der Waals surface area contributed by atoms with Crippen molar-refractivity contribution < 1.29 is 9.90 Å². The van der Waals surface area contributed by atoms with Gasteiger partial charge in [-0.2, -0.15) is 0 Å². The van der Waals surface area contributed by atoms with Crippen molar-refractivity contribution in [2.75, 3.05) is 6.54 Å². The second-order valence-electron chi connectivity index (χ2n) is 5.26. The van der Waals surface area contributed by atoms with Crippen molar-refractivity contribution in [3.63, 3.8) is 0 Å². The lowest BCUT2D eigenvalue weighted by Crippen LogP contribution is -2.23. The Hall–Kier alpha value is -2.27. The highest BCUT2D eigenvalue weighted by Gasteiger charge is 2.27. The number of aromatic nitrogens is 2. The summed E-state index contributed by atoms with van der Waals surface area (Å²) in [6.45, 7) is 1.74. The maximum absolute atomic E-state index is 11.0. The molecule has 3 rings (SSSR count). The third kappa shape index (κ3) is 3.08. The Bertz CT molecular complexity index is 630. The first kappa shape index (κ1) is 13.7. The van der Waals surface area contributed by atoms with Gasteiger partial charge in [-0.15, -0.1) is 0 Å². The molecule has 1 N–H and O–H groups in total. The van der Waals surface area contributed by atoms with Crippen molar-refractivity contribution in [1.82, 2.24) is 14.9 Å². The second kappa shape index (κ2) is 6.01. The molecule has 1 aromatic carbocycles. The van der Waals surface area contributed by atoms with Crippen LogP contribution in [-0.4, -0.2) is 32.5 Å². The first-order valence-electron chi connectivity index (χ1n) is 7.06. The van der Waals surface area contributed by atoms with E-state index in [9.17, 15) is 4.79 Å². The molecular formula is C16H17N3O2.